The maximum Gasteiger partial charge on any atom is 0.258 e. The van der Waals surface area contributed by atoms with Crippen LogP contribution in [0.3, 0.4) is 0 Å². The van der Waals surface area contributed by atoms with Gasteiger partial charge in [0.15, 0.2) is 5.65 Å². The molecule has 0 bridgehead atoms. The fraction of sp³-hybridized carbons (Fsp3) is 0.263. The summed E-state index contributed by atoms with van der Waals surface area (Å²) in [5.41, 5.74) is 3.16. The molecule has 7 nitrogen and oxygen atoms in total. The number of pyridine rings is 1. The minimum Gasteiger partial charge on any atom is -0.385 e. The smallest absolute Gasteiger partial charge is 0.258 e. The number of methoxy groups -OCH3 is 1. The van der Waals surface area contributed by atoms with Gasteiger partial charge in [0.05, 0.1) is 11.6 Å². The molecule has 1 aromatic carbocycles. The van der Waals surface area contributed by atoms with Gasteiger partial charge in [0.25, 0.3) is 5.91 Å². The molecule has 2 aromatic heterocycles. The largest absolute Gasteiger partial charge is 0.385 e. The molecule has 7 heteroatoms. The van der Waals surface area contributed by atoms with Crippen LogP contribution >= 0.6 is 0 Å². The monoisotopic (exact) mass is 349 g/mol. The summed E-state index contributed by atoms with van der Waals surface area (Å²) in [6.45, 7) is 3.13. The summed E-state index contributed by atoms with van der Waals surface area (Å²) in [5.74, 6) is 0.115. The Bertz CT molecular complexity index is 987. The van der Waals surface area contributed by atoms with E-state index >= 15 is 0 Å². The van der Waals surface area contributed by atoms with Crippen LogP contribution in [0.2, 0.25) is 0 Å². The number of amides is 1. The van der Waals surface area contributed by atoms with Crippen molar-refractivity contribution in [3.63, 3.8) is 0 Å². The number of carbonyl (C=O) groups excluding carboxylic acids is 1. The van der Waals surface area contributed by atoms with Crippen molar-refractivity contribution in [2.45, 2.75) is 19.9 Å². The molecule has 0 saturated carbocycles. The van der Waals surface area contributed by atoms with Crippen LogP contribution in [0.15, 0.2) is 36.4 Å². The van der Waals surface area contributed by atoms with E-state index in [-0.39, 0.29) is 5.91 Å². The second kappa shape index (κ2) is 7.76. The number of hydrogen-bond acceptors (Lipinski definition) is 5. The SMILES string of the molecule is COCCCn1c(NC(=O)c2cccc(C#N)c2)nc2ccc(C)nc21. The summed E-state index contributed by atoms with van der Waals surface area (Å²) in [6, 6.07) is 12.4. The molecule has 0 unspecified atom stereocenters. The fourth-order valence-corrected chi connectivity index (χ4v) is 2.67. The van der Waals surface area contributed by atoms with Crippen molar-refractivity contribution in [3.05, 3.63) is 53.2 Å². The van der Waals surface area contributed by atoms with Gasteiger partial charge in [-0.15, -0.1) is 0 Å². The Morgan fingerprint density at radius 3 is 2.92 bits per heavy atom. The second-order valence-corrected chi connectivity index (χ2v) is 5.88. The van der Waals surface area contributed by atoms with Crippen LogP contribution < -0.4 is 5.32 Å². The number of benzene rings is 1. The Kier molecular flexibility index (Phi) is 5.25. The molecule has 132 valence electrons. The highest BCUT2D eigenvalue weighted by atomic mass is 16.5. The van der Waals surface area contributed by atoms with E-state index in [4.69, 9.17) is 10.00 Å². The normalized spacial score (nSPS) is 10.7. The lowest BCUT2D eigenvalue weighted by Gasteiger charge is -2.10. The molecule has 0 spiro atoms. The summed E-state index contributed by atoms with van der Waals surface area (Å²) in [7, 11) is 1.65. The number of ether oxygens (including phenoxy) is 1. The van der Waals surface area contributed by atoms with Gasteiger partial charge < -0.3 is 4.74 Å². The number of anilines is 1. The first kappa shape index (κ1) is 17.6. The van der Waals surface area contributed by atoms with E-state index in [1.165, 1.54) is 0 Å². The third-order valence-electron chi connectivity index (χ3n) is 3.94. The molecule has 0 aliphatic rings. The zero-order valence-electron chi connectivity index (χ0n) is 14.7. The van der Waals surface area contributed by atoms with Crippen molar-refractivity contribution >= 4 is 23.0 Å². The van der Waals surface area contributed by atoms with Crippen molar-refractivity contribution in [2.75, 3.05) is 19.0 Å². The van der Waals surface area contributed by atoms with Crippen molar-refractivity contribution in [1.29, 1.82) is 5.26 Å². The van der Waals surface area contributed by atoms with E-state index in [9.17, 15) is 4.79 Å². The molecule has 0 atom stereocenters. The number of fused-ring (bicyclic) bond motifs is 1. The Balaban J connectivity index is 1.94. The topological polar surface area (TPSA) is 92.8 Å². The first-order valence-corrected chi connectivity index (χ1v) is 8.26. The summed E-state index contributed by atoms with van der Waals surface area (Å²) in [6.07, 6.45) is 0.768. The van der Waals surface area contributed by atoms with E-state index in [0.29, 0.717) is 35.7 Å². The molecule has 0 fully saturated rings. The van der Waals surface area contributed by atoms with Gasteiger partial charge in [-0.05, 0) is 43.7 Å². The molecule has 0 radical (unpaired) electrons. The molecule has 1 N–H and O–H groups in total. The molecule has 0 saturated heterocycles. The zero-order chi connectivity index (χ0) is 18.5. The number of hydrogen-bond donors (Lipinski definition) is 1. The predicted molar refractivity (Wildman–Crippen MR) is 97.9 cm³/mol. The minimum atomic E-state index is -0.317. The zero-order valence-corrected chi connectivity index (χ0v) is 14.7. The number of nitrogens with zero attached hydrogens (tertiary/aromatic N) is 4. The van der Waals surface area contributed by atoms with E-state index in [1.54, 1.807) is 31.4 Å². The average Bonchev–Trinajstić information content (AvgIpc) is 2.98. The minimum absolute atomic E-state index is 0.317. The van der Waals surface area contributed by atoms with Gasteiger partial charge >= 0.3 is 0 Å². The average molecular weight is 349 g/mol. The van der Waals surface area contributed by atoms with Gasteiger partial charge in [-0.3, -0.25) is 14.7 Å². The maximum atomic E-state index is 12.6. The van der Waals surface area contributed by atoms with Gasteiger partial charge in [0.1, 0.15) is 5.52 Å². The molecular weight excluding hydrogens is 330 g/mol. The van der Waals surface area contributed by atoms with Gasteiger partial charge in [-0.2, -0.15) is 5.26 Å². The van der Waals surface area contributed by atoms with Crippen LogP contribution in [-0.4, -0.2) is 34.2 Å². The van der Waals surface area contributed by atoms with Crippen LogP contribution in [0, 0.1) is 18.3 Å². The molecular formula is C19H19N5O2. The van der Waals surface area contributed by atoms with Crippen LogP contribution in [0.1, 0.15) is 28.0 Å². The van der Waals surface area contributed by atoms with E-state index < -0.39 is 0 Å². The third-order valence-corrected chi connectivity index (χ3v) is 3.94. The van der Waals surface area contributed by atoms with Crippen LogP contribution in [-0.2, 0) is 11.3 Å². The van der Waals surface area contributed by atoms with Crippen LogP contribution in [0.5, 0.6) is 0 Å². The first-order chi connectivity index (χ1) is 12.6. The summed E-state index contributed by atoms with van der Waals surface area (Å²) < 4.78 is 7.00. The van der Waals surface area contributed by atoms with Crippen molar-refractivity contribution in [2.24, 2.45) is 0 Å². The Morgan fingerprint density at radius 1 is 1.31 bits per heavy atom. The summed E-state index contributed by atoms with van der Waals surface area (Å²) in [4.78, 5) is 21.6. The lowest BCUT2D eigenvalue weighted by molar-refractivity contribution is 0.102. The molecule has 3 rings (SSSR count). The number of rotatable bonds is 6. The van der Waals surface area contributed by atoms with Gasteiger partial charge in [-0.25, -0.2) is 9.97 Å². The quantitative estimate of drug-likeness (QED) is 0.691. The lowest BCUT2D eigenvalue weighted by atomic mass is 10.1. The summed E-state index contributed by atoms with van der Waals surface area (Å²) in [5, 5.41) is 11.8. The molecule has 0 aliphatic carbocycles. The molecule has 3 aromatic rings. The van der Waals surface area contributed by atoms with Crippen molar-refractivity contribution in [3.8, 4) is 6.07 Å². The van der Waals surface area contributed by atoms with Crippen molar-refractivity contribution < 1.29 is 9.53 Å². The van der Waals surface area contributed by atoms with E-state index in [2.05, 4.69) is 15.3 Å². The van der Waals surface area contributed by atoms with Crippen LogP contribution in [0.25, 0.3) is 11.2 Å². The second-order valence-electron chi connectivity index (χ2n) is 5.88. The number of aromatic nitrogens is 3. The lowest BCUT2D eigenvalue weighted by Crippen LogP contribution is -2.16. The Hall–Kier alpha value is -3.24. The highest BCUT2D eigenvalue weighted by molar-refractivity contribution is 6.04. The maximum absolute atomic E-state index is 12.6. The number of carbonyl (C=O) groups is 1. The molecule has 26 heavy (non-hydrogen) atoms. The number of aryl methyl sites for hydroxylation is 2. The highest BCUT2D eigenvalue weighted by Gasteiger charge is 2.15. The molecule has 0 aliphatic heterocycles. The fourth-order valence-electron chi connectivity index (χ4n) is 2.67. The molecule has 2 heterocycles. The van der Waals surface area contributed by atoms with E-state index in [0.717, 1.165) is 17.8 Å². The number of nitrogens with one attached hydrogen (secondary N) is 1. The standard InChI is InChI=1S/C19H19N5O2/c1-13-7-8-16-17(21-13)24(9-4-10-26-2)19(22-16)23-18(25)15-6-3-5-14(11-15)12-20/h3,5-8,11H,4,9-10H2,1-2H3,(H,22,23,25). The van der Waals surface area contributed by atoms with Crippen LogP contribution in [0.4, 0.5) is 5.95 Å². The van der Waals surface area contributed by atoms with Gasteiger partial charge in [-0.1, -0.05) is 6.07 Å². The molecule has 1 amide bonds. The van der Waals surface area contributed by atoms with Crippen molar-refractivity contribution in [1.82, 2.24) is 14.5 Å². The highest BCUT2D eigenvalue weighted by Crippen LogP contribution is 2.20. The number of nitriles is 1. The Labute approximate surface area is 151 Å². The number of imidazole rings is 1. The Morgan fingerprint density at radius 2 is 2.15 bits per heavy atom. The third kappa shape index (κ3) is 3.71. The summed E-state index contributed by atoms with van der Waals surface area (Å²) >= 11 is 0. The predicted octanol–water partition coefficient (Wildman–Crippen LogP) is 2.90. The van der Waals surface area contributed by atoms with Gasteiger partial charge in [0.2, 0.25) is 5.95 Å². The van der Waals surface area contributed by atoms with E-state index in [1.807, 2.05) is 29.7 Å². The van der Waals surface area contributed by atoms with Gasteiger partial charge in [0, 0.05) is 31.5 Å². The first-order valence-electron chi connectivity index (χ1n) is 8.26.